The van der Waals surface area contributed by atoms with Crippen molar-refractivity contribution >= 4 is 11.6 Å². The quantitative estimate of drug-likeness (QED) is 0.657. The SMILES string of the molecule is Fc1ccc(COc2ccc(Cl)cc2CNCCCN2CCOCC2)cc1. The van der Waals surface area contributed by atoms with Crippen LogP contribution < -0.4 is 10.1 Å². The Morgan fingerprint density at radius 1 is 1.11 bits per heavy atom. The summed E-state index contributed by atoms with van der Waals surface area (Å²) in [4.78, 5) is 2.43. The van der Waals surface area contributed by atoms with Crippen LogP contribution in [0.2, 0.25) is 5.02 Å². The standard InChI is InChI=1S/C21H26ClFN2O2/c22-19-4-7-21(27-16-17-2-5-20(23)6-3-17)18(14-19)15-24-8-1-9-25-10-12-26-13-11-25/h2-7,14,24H,1,8-13,15-16H2. The van der Waals surface area contributed by atoms with Gasteiger partial charge in [-0.2, -0.15) is 0 Å². The maximum Gasteiger partial charge on any atom is 0.124 e. The fraction of sp³-hybridized carbons (Fsp3) is 0.429. The van der Waals surface area contributed by atoms with E-state index in [1.807, 2.05) is 18.2 Å². The topological polar surface area (TPSA) is 33.7 Å². The molecule has 0 saturated carbocycles. The van der Waals surface area contributed by atoms with E-state index >= 15 is 0 Å². The van der Waals surface area contributed by atoms with Gasteiger partial charge in [0.05, 0.1) is 13.2 Å². The molecule has 0 spiro atoms. The van der Waals surface area contributed by atoms with Crippen LogP contribution in [0.1, 0.15) is 17.5 Å². The summed E-state index contributed by atoms with van der Waals surface area (Å²) >= 11 is 6.15. The van der Waals surface area contributed by atoms with Crippen molar-refractivity contribution in [3.8, 4) is 5.75 Å². The molecule has 0 bridgehead atoms. The van der Waals surface area contributed by atoms with E-state index in [1.165, 1.54) is 12.1 Å². The Morgan fingerprint density at radius 3 is 2.67 bits per heavy atom. The zero-order chi connectivity index (χ0) is 18.9. The van der Waals surface area contributed by atoms with E-state index in [9.17, 15) is 4.39 Å². The summed E-state index contributed by atoms with van der Waals surface area (Å²) in [7, 11) is 0. The molecule has 1 heterocycles. The fourth-order valence-electron chi connectivity index (χ4n) is 3.04. The summed E-state index contributed by atoms with van der Waals surface area (Å²) < 4.78 is 24.3. The maximum atomic E-state index is 13.0. The zero-order valence-electron chi connectivity index (χ0n) is 15.4. The molecule has 6 heteroatoms. The van der Waals surface area contributed by atoms with Crippen molar-refractivity contribution in [1.82, 2.24) is 10.2 Å². The molecule has 1 fully saturated rings. The van der Waals surface area contributed by atoms with Gasteiger partial charge >= 0.3 is 0 Å². The number of morpholine rings is 1. The Morgan fingerprint density at radius 2 is 1.89 bits per heavy atom. The van der Waals surface area contributed by atoms with Gasteiger partial charge in [0.15, 0.2) is 0 Å². The van der Waals surface area contributed by atoms with Gasteiger partial charge in [-0.15, -0.1) is 0 Å². The lowest BCUT2D eigenvalue weighted by molar-refractivity contribution is 0.0374. The molecule has 2 aromatic rings. The number of nitrogens with zero attached hydrogens (tertiary/aromatic N) is 1. The molecule has 0 atom stereocenters. The third-order valence-corrected chi connectivity index (χ3v) is 4.81. The first-order valence-corrected chi connectivity index (χ1v) is 9.75. The maximum absolute atomic E-state index is 13.0. The predicted octanol–water partition coefficient (Wildman–Crippen LogP) is 3.87. The molecular weight excluding hydrogens is 367 g/mol. The minimum Gasteiger partial charge on any atom is -0.489 e. The van der Waals surface area contributed by atoms with Crippen molar-refractivity contribution < 1.29 is 13.9 Å². The van der Waals surface area contributed by atoms with E-state index in [4.69, 9.17) is 21.1 Å². The summed E-state index contributed by atoms with van der Waals surface area (Å²) in [6, 6.07) is 12.0. The average Bonchev–Trinajstić information content (AvgIpc) is 2.69. The van der Waals surface area contributed by atoms with Gasteiger partial charge in [-0.3, -0.25) is 4.90 Å². The first-order chi connectivity index (χ1) is 13.2. The van der Waals surface area contributed by atoms with Gasteiger partial charge in [0.25, 0.3) is 0 Å². The zero-order valence-corrected chi connectivity index (χ0v) is 16.2. The number of nitrogens with one attached hydrogen (secondary N) is 1. The first kappa shape index (κ1) is 20.1. The second-order valence-corrected chi connectivity index (χ2v) is 7.09. The molecule has 1 N–H and O–H groups in total. The molecule has 0 radical (unpaired) electrons. The van der Waals surface area contributed by atoms with Gasteiger partial charge in [0.1, 0.15) is 18.2 Å². The second-order valence-electron chi connectivity index (χ2n) is 6.65. The number of halogens is 2. The lowest BCUT2D eigenvalue weighted by atomic mass is 10.2. The largest absolute Gasteiger partial charge is 0.489 e. The summed E-state index contributed by atoms with van der Waals surface area (Å²) in [5.41, 5.74) is 1.95. The molecule has 0 unspecified atom stereocenters. The van der Waals surface area contributed by atoms with Crippen molar-refractivity contribution in [3.63, 3.8) is 0 Å². The third kappa shape index (κ3) is 6.78. The van der Waals surface area contributed by atoms with E-state index in [0.717, 1.165) is 62.7 Å². The molecule has 1 aliphatic heterocycles. The normalized spacial score (nSPS) is 15.0. The monoisotopic (exact) mass is 392 g/mol. The van der Waals surface area contributed by atoms with Crippen molar-refractivity contribution in [1.29, 1.82) is 0 Å². The average molecular weight is 393 g/mol. The van der Waals surface area contributed by atoms with Gasteiger partial charge in [-0.05, 0) is 55.4 Å². The molecule has 0 aliphatic carbocycles. The number of hydrogen-bond donors (Lipinski definition) is 1. The van der Waals surface area contributed by atoms with E-state index < -0.39 is 0 Å². The van der Waals surface area contributed by atoms with Crippen molar-refractivity contribution in [2.75, 3.05) is 39.4 Å². The van der Waals surface area contributed by atoms with E-state index in [1.54, 1.807) is 12.1 Å². The van der Waals surface area contributed by atoms with Crippen LogP contribution in [0.25, 0.3) is 0 Å². The number of benzene rings is 2. The summed E-state index contributed by atoms with van der Waals surface area (Å²) in [5, 5.41) is 4.16. The van der Waals surface area contributed by atoms with Crippen LogP contribution in [-0.2, 0) is 17.9 Å². The van der Waals surface area contributed by atoms with Crippen LogP contribution in [0.15, 0.2) is 42.5 Å². The Labute approximate surface area is 165 Å². The third-order valence-electron chi connectivity index (χ3n) is 4.58. The van der Waals surface area contributed by atoms with Crippen molar-refractivity contribution in [2.24, 2.45) is 0 Å². The molecule has 146 valence electrons. The Hall–Kier alpha value is -1.66. The molecule has 4 nitrogen and oxygen atoms in total. The molecule has 3 rings (SSSR count). The molecule has 1 saturated heterocycles. The smallest absolute Gasteiger partial charge is 0.124 e. The van der Waals surface area contributed by atoms with Crippen LogP contribution in [0, 0.1) is 5.82 Å². The molecule has 2 aromatic carbocycles. The Bertz CT molecular complexity index is 706. The highest BCUT2D eigenvalue weighted by molar-refractivity contribution is 6.30. The minimum absolute atomic E-state index is 0.243. The van der Waals surface area contributed by atoms with Gasteiger partial charge < -0.3 is 14.8 Å². The van der Waals surface area contributed by atoms with Gasteiger partial charge in [-0.25, -0.2) is 4.39 Å². The highest BCUT2D eigenvalue weighted by Crippen LogP contribution is 2.24. The molecule has 0 aromatic heterocycles. The molecule has 0 amide bonds. The van der Waals surface area contributed by atoms with Crippen molar-refractivity contribution in [2.45, 2.75) is 19.6 Å². The Kier molecular flexibility index (Phi) is 7.90. The fourth-order valence-corrected chi connectivity index (χ4v) is 3.24. The van der Waals surface area contributed by atoms with Crippen LogP contribution in [0.5, 0.6) is 5.75 Å². The van der Waals surface area contributed by atoms with Crippen molar-refractivity contribution in [3.05, 3.63) is 64.4 Å². The molecular formula is C21H26ClFN2O2. The molecule has 1 aliphatic rings. The van der Waals surface area contributed by atoms with Gasteiger partial charge in [-0.1, -0.05) is 23.7 Å². The number of ether oxygens (including phenoxy) is 2. The minimum atomic E-state index is -0.243. The van der Waals surface area contributed by atoms with Gasteiger partial charge in [0, 0.05) is 30.2 Å². The number of hydrogen-bond acceptors (Lipinski definition) is 4. The van der Waals surface area contributed by atoms with Crippen LogP contribution in [-0.4, -0.2) is 44.3 Å². The number of rotatable bonds is 9. The summed E-state index contributed by atoms with van der Waals surface area (Å²) in [6.45, 7) is 6.83. The first-order valence-electron chi connectivity index (χ1n) is 9.37. The van der Waals surface area contributed by atoms with Crippen LogP contribution >= 0.6 is 11.6 Å². The van der Waals surface area contributed by atoms with Crippen LogP contribution in [0.4, 0.5) is 4.39 Å². The summed E-state index contributed by atoms with van der Waals surface area (Å²) in [6.07, 6.45) is 1.09. The lowest BCUT2D eigenvalue weighted by Gasteiger charge is -2.26. The van der Waals surface area contributed by atoms with E-state index in [-0.39, 0.29) is 5.82 Å². The second kappa shape index (κ2) is 10.6. The highest BCUT2D eigenvalue weighted by atomic mass is 35.5. The predicted molar refractivity (Wildman–Crippen MR) is 106 cm³/mol. The van der Waals surface area contributed by atoms with Crippen LogP contribution in [0.3, 0.4) is 0 Å². The Balaban J connectivity index is 1.45. The summed E-state index contributed by atoms with van der Waals surface area (Å²) in [5.74, 6) is 0.552. The lowest BCUT2D eigenvalue weighted by Crippen LogP contribution is -2.37. The van der Waals surface area contributed by atoms with E-state index in [0.29, 0.717) is 18.2 Å². The highest BCUT2D eigenvalue weighted by Gasteiger charge is 2.09. The van der Waals surface area contributed by atoms with Gasteiger partial charge in [0.2, 0.25) is 0 Å². The van der Waals surface area contributed by atoms with E-state index in [2.05, 4.69) is 10.2 Å². The molecule has 27 heavy (non-hydrogen) atoms.